The number of rotatable bonds is 4. The number of ether oxygens (including phenoxy) is 1. The normalized spacial score (nSPS) is 11.0. The van der Waals surface area contributed by atoms with Crippen LogP contribution in [-0.4, -0.2) is 11.9 Å². The second-order valence-corrected chi connectivity index (χ2v) is 4.53. The Morgan fingerprint density at radius 3 is 1.96 bits per heavy atom. The molecule has 0 saturated carbocycles. The van der Waals surface area contributed by atoms with Gasteiger partial charge in [-0.3, -0.25) is 0 Å². The topological polar surface area (TPSA) is 43.4 Å². The van der Waals surface area contributed by atoms with Crippen LogP contribution >= 0.6 is 0 Å². The van der Waals surface area contributed by atoms with Crippen molar-refractivity contribution in [2.45, 2.75) is 0 Å². The molecule has 0 aromatic heterocycles. The van der Waals surface area contributed by atoms with E-state index in [0.717, 1.165) is 6.08 Å². The van der Waals surface area contributed by atoms with Crippen LogP contribution in [0.5, 0.6) is 0 Å². The maximum atomic E-state index is 13.0. The Bertz CT molecular complexity index is 760. The maximum absolute atomic E-state index is 13.0. The largest absolute Gasteiger partial charge is 0.386 e. The van der Waals surface area contributed by atoms with Crippen molar-refractivity contribution in [2.75, 3.05) is 0 Å². The fourth-order valence-electron chi connectivity index (χ4n) is 1.80. The van der Waals surface area contributed by atoms with Gasteiger partial charge in [-0.1, -0.05) is 30.8 Å². The highest BCUT2D eigenvalue weighted by atomic mass is 19.1. The third kappa shape index (κ3) is 4.44. The van der Waals surface area contributed by atoms with Gasteiger partial charge in [0.15, 0.2) is 0 Å². The van der Waals surface area contributed by atoms with Gasteiger partial charge in [-0.05, 0) is 41.5 Å². The molecular weight excluding hydrogens is 302 g/mol. The summed E-state index contributed by atoms with van der Waals surface area (Å²) >= 11 is 0. The fraction of sp³-hybridized carbons (Fsp3) is 0. The number of benzene rings is 2. The molecule has 0 atom stereocenters. The van der Waals surface area contributed by atoms with Crippen molar-refractivity contribution in [3.05, 3.63) is 83.9 Å². The molecule has 0 N–H and O–H groups in total. The van der Waals surface area contributed by atoms with E-state index in [4.69, 9.17) is 0 Å². The monoisotopic (exact) mass is 314 g/mol. The average Bonchev–Trinajstić information content (AvgIpc) is 2.55. The first-order chi connectivity index (χ1) is 11.0. The van der Waals surface area contributed by atoms with Gasteiger partial charge in [-0.2, -0.15) is 0 Å². The molecule has 0 amide bonds. The molecule has 0 spiro atoms. The first-order valence-electron chi connectivity index (χ1n) is 6.61. The summed E-state index contributed by atoms with van der Waals surface area (Å²) in [5.74, 6) is -2.70. The lowest BCUT2D eigenvalue weighted by Crippen LogP contribution is -2.11. The highest BCUT2D eigenvalue weighted by Crippen LogP contribution is 2.21. The van der Waals surface area contributed by atoms with Gasteiger partial charge >= 0.3 is 11.9 Å². The Balaban J connectivity index is 2.43. The van der Waals surface area contributed by atoms with Gasteiger partial charge in [-0.25, -0.2) is 18.4 Å². The number of hydrogen-bond acceptors (Lipinski definition) is 3. The van der Waals surface area contributed by atoms with Crippen molar-refractivity contribution >= 4 is 23.6 Å². The van der Waals surface area contributed by atoms with Crippen molar-refractivity contribution in [3.8, 4) is 0 Å². The zero-order valence-corrected chi connectivity index (χ0v) is 12.0. The van der Waals surface area contributed by atoms with Gasteiger partial charge in [0.1, 0.15) is 11.6 Å². The summed E-state index contributed by atoms with van der Waals surface area (Å²) in [6.07, 6.45) is 2.28. The minimum absolute atomic E-state index is 0.0341. The smallest absolute Gasteiger partial charge is 0.346 e. The first-order valence-corrected chi connectivity index (χ1v) is 6.61. The second kappa shape index (κ2) is 7.26. The SMILES string of the molecule is C=CC(=O)OC(=O)C(=Cc1ccc(F)cc1)c1ccc(F)cc1. The summed E-state index contributed by atoms with van der Waals surface area (Å²) in [5.41, 5.74) is 0.915. The highest BCUT2D eigenvalue weighted by molar-refractivity contribution is 6.24. The van der Waals surface area contributed by atoms with Crippen LogP contribution in [0.2, 0.25) is 0 Å². The highest BCUT2D eigenvalue weighted by Gasteiger charge is 2.16. The summed E-state index contributed by atoms with van der Waals surface area (Å²) < 4.78 is 30.6. The lowest BCUT2D eigenvalue weighted by atomic mass is 10.0. The lowest BCUT2D eigenvalue weighted by molar-refractivity contribution is -0.151. The Morgan fingerprint density at radius 2 is 1.43 bits per heavy atom. The zero-order valence-electron chi connectivity index (χ0n) is 12.0. The van der Waals surface area contributed by atoms with E-state index in [0.29, 0.717) is 11.1 Å². The van der Waals surface area contributed by atoms with Gasteiger partial charge in [0.2, 0.25) is 0 Å². The van der Waals surface area contributed by atoms with E-state index in [1.54, 1.807) is 0 Å². The molecule has 5 heteroatoms. The summed E-state index contributed by atoms with van der Waals surface area (Å²) in [6.45, 7) is 3.21. The molecule has 2 aromatic carbocycles. The van der Waals surface area contributed by atoms with Crippen molar-refractivity contribution in [3.63, 3.8) is 0 Å². The Morgan fingerprint density at radius 1 is 0.913 bits per heavy atom. The van der Waals surface area contributed by atoms with Crippen molar-refractivity contribution in [2.24, 2.45) is 0 Å². The lowest BCUT2D eigenvalue weighted by Gasteiger charge is -2.07. The van der Waals surface area contributed by atoms with Crippen LogP contribution < -0.4 is 0 Å². The third-order valence-corrected chi connectivity index (χ3v) is 2.92. The fourth-order valence-corrected chi connectivity index (χ4v) is 1.80. The summed E-state index contributed by atoms with van der Waals surface area (Å²) in [5, 5.41) is 0. The molecule has 116 valence electrons. The zero-order chi connectivity index (χ0) is 16.8. The second-order valence-electron chi connectivity index (χ2n) is 4.53. The molecule has 0 aliphatic carbocycles. The number of carbonyl (C=O) groups is 2. The summed E-state index contributed by atoms with van der Waals surface area (Å²) in [6, 6.07) is 10.5. The molecule has 0 fully saturated rings. The number of hydrogen-bond donors (Lipinski definition) is 0. The standard InChI is InChI=1S/C18H12F2O3/c1-2-17(21)23-18(22)16(13-5-9-15(20)10-6-13)11-12-3-7-14(19)8-4-12/h2-11H,1H2. The minimum Gasteiger partial charge on any atom is -0.386 e. The third-order valence-electron chi connectivity index (χ3n) is 2.92. The first kappa shape index (κ1) is 16.3. The van der Waals surface area contributed by atoms with Gasteiger partial charge in [0, 0.05) is 6.08 Å². The van der Waals surface area contributed by atoms with Crippen molar-refractivity contribution in [1.82, 2.24) is 0 Å². The molecule has 23 heavy (non-hydrogen) atoms. The van der Waals surface area contributed by atoms with Gasteiger partial charge in [0.25, 0.3) is 0 Å². The molecular formula is C18H12F2O3. The molecule has 2 rings (SSSR count). The summed E-state index contributed by atoms with van der Waals surface area (Å²) in [7, 11) is 0. The average molecular weight is 314 g/mol. The number of halogens is 2. The van der Waals surface area contributed by atoms with E-state index < -0.39 is 23.6 Å². The van der Waals surface area contributed by atoms with E-state index in [9.17, 15) is 18.4 Å². The molecule has 3 nitrogen and oxygen atoms in total. The molecule has 0 aliphatic rings. The van der Waals surface area contributed by atoms with Gasteiger partial charge < -0.3 is 4.74 Å². The number of carbonyl (C=O) groups excluding carboxylic acids is 2. The van der Waals surface area contributed by atoms with Crippen LogP contribution in [0.1, 0.15) is 11.1 Å². The molecule has 2 aromatic rings. The van der Waals surface area contributed by atoms with E-state index in [-0.39, 0.29) is 5.57 Å². The van der Waals surface area contributed by atoms with E-state index in [2.05, 4.69) is 11.3 Å². The molecule has 0 unspecified atom stereocenters. The predicted octanol–water partition coefficient (Wildman–Crippen LogP) is 3.76. The van der Waals surface area contributed by atoms with Crippen LogP contribution in [0.3, 0.4) is 0 Å². The molecule has 0 saturated heterocycles. The van der Waals surface area contributed by atoms with Crippen LogP contribution in [0.25, 0.3) is 11.6 Å². The Kier molecular flexibility index (Phi) is 5.15. The quantitative estimate of drug-likeness (QED) is 0.373. The van der Waals surface area contributed by atoms with E-state index in [1.165, 1.54) is 54.6 Å². The number of esters is 2. The maximum Gasteiger partial charge on any atom is 0.346 e. The van der Waals surface area contributed by atoms with E-state index in [1.807, 2.05) is 0 Å². The molecule has 0 radical (unpaired) electrons. The van der Waals surface area contributed by atoms with Crippen molar-refractivity contribution < 1.29 is 23.1 Å². The Hall–Kier alpha value is -3.08. The van der Waals surface area contributed by atoms with Crippen LogP contribution in [0, 0.1) is 11.6 Å². The molecule has 0 heterocycles. The van der Waals surface area contributed by atoms with Gasteiger partial charge in [0.05, 0.1) is 5.57 Å². The van der Waals surface area contributed by atoms with Crippen LogP contribution in [-0.2, 0) is 14.3 Å². The summed E-state index contributed by atoms with van der Waals surface area (Å²) in [4.78, 5) is 23.4. The van der Waals surface area contributed by atoms with Crippen molar-refractivity contribution in [1.29, 1.82) is 0 Å². The predicted molar refractivity (Wildman–Crippen MR) is 82.0 cm³/mol. The van der Waals surface area contributed by atoms with Crippen LogP contribution in [0.4, 0.5) is 8.78 Å². The minimum atomic E-state index is -0.911. The molecule has 0 bridgehead atoms. The van der Waals surface area contributed by atoms with Crippen LogP contribution in [0.15, 0.2) is 61.2 Å². The van der Waals surface area contributed by atoms with Gasteiger partial charge in [-0.15, -0.1) is 0 Å². The Labute approximate surface area is 131 Å². The van der Waals surface area contributed by atoms with E-state index >= 15 is 0 Å². The molecule has 0 aliphatic heterocycles.